The average molecular weight is 381 g/mol. The maximum atomic E-state index is 12.8. The largest absolute Gasteiger partial charge is 0.289 e. The molecule has 2 rings (SSSR count). The van der Waals surface area contributed by atoms with Gasteiger partial charge in [-0.05, 0) is 44.9 Å². The Labute approximate surface area is 171 Å². The van der Waals surface area contributed by atoms with Crippen LogP contribution in [0.1, 0.15) is 100 Å². The molecule has 0 heterocycles. The molecule has 1 aromatic rings. The summed E-state index contributed by atoms with van der Waals surface area (Å²) in [5.41, 5.74) is 3.67. The molecule has 28 heavy (non-hydrogen) atoms. The summed E-state index contributed by atoms with van der Waals surface area (Å²) in [4.78, 5) is 25.4. The maximum Gasteiger partial charge on any atom is 0.190 e. The van der Waals surface area contributed by atoms with Crippen LogP contribution < -0.4 is 0 Å². The predicted molar refractivity (Wildman–Crippen MR) is 118 cm³/mol. The second kappa shape index (κ2) is 10.5. The Kier molecular flexibility index (Phi) is 8.41. The van der Waals surface area contributed by atoms with Gasteiger partial charge in [0.25, 0.3) is 0 Å². The molecule has 2 nitrogen and oxygen atoms in total. The van der Waals surface area contributed by atoms with E-state index in [1.54, 1.807) is 19.1 Å². The van der Waals surface area contributed by atoms with Crippen LogP contribution in [0.5, 0.6) is 0 Å². The Balaban J connectivity index is 1.86. The number of benzene rings is 1. The van der Waals surface area contributed by atoms with Crippen LogP contribution in [0.15, 0.2) is 47.1 Å². The van der Waals surface area contributed by atoms with E-state index in [1.165, 1.54) is 37.7 Å². The third-order valence-electron chi connectivity index (χ3n) is 5.88. The Morgan fingerprint density at radius 3 is 2.18 bits per heavy atom. The van der Waals surface area contributed by atoms with Crippen LogP contribution in [-0.4, -0.2) is 11.6 Å². The monoisotopic (exact) mass is 380 g/mol. The van der Waals surface area contributed by atoms with Gasteiger partial charge in [0.15, 0.2) is 11.6 Å². The Bertz CT molecular complexity index is 764. The summed E-state index contributed by atoms with van der Waals surface area (Å²) in [6, 6.07) is 7.15. The summed E-state index contributed by atoms with van der Waals surface area (Å²) in [7, 11) is 0. The SMILES string of the molecule is CC1=C(C/C=C(\C)CCCC(C)CCCC(C)C)C(=O)c2ccccc2C1=O. The van der Waals surface area contributed by atoms with Gasteiger partial charge < -0.3 is 0 Å². The van der Waals surface area contributed by atoms with E-state index in [0.29, 0.717) is 28.7 Å². The summed E-state index contributed by atoms with van der Waals surface area (Å²) >= 11 is 0. The van der Waals surface area contributed by atoms with Crippen LogP contribution in [-0.2, 0) is 0 Å². The molecular weight excluding hydrogens is 344 g/mol. The molecule has 0 saturated heterocycles. The van der Waals surface area contributed by atoms with Crippen molar-refractivity contribution in [2.75, 3.05) is 0 Å². The lowest BCUT2D eigenvalue weighted by molar-refractivity contribution is 0.0973. The van der Waals surface area contributed by atoms with Crippen molar-refractivity contribution in [1.82, 2.24) is 0 Å². The molecule has 1 aromatic carbocycles. The molecule has 1 unspecified atom stereocenters. The Hall–Kier alpha value is -1.96. The Morgan fingerprint density at radius 2 is 1.54 bits per heavy atom. The minimum Gasteiger partial charge on any atom is -0.289 e. The van der Waals surface area contributed by atoms with E-state index in [9.17, 15) is 9.59 Å². The molecule has 0 bridgehead atoms. The molecule has 1 aliphatic carbocycles. The summed E-state index contributed by atoms with van der Waals surface area (Å²) < 4.78 is 0. The molecule has 0 radical (unpaired) electrons. The fourth-order valence-corrected chi connectivity index (χ4v) is 3.92. The first-order valence-corrected chi connectivity index (χ1v) is 10.8. The molecule has 0 spiro atoms. The summed E-state index contributed by atoms with van der Waals surface area (Å²) in [6.45, 7) is 10.9. The highest BCUT2D eigenvalue weighted by Gasteiger charge is 2.28. The van der Waals surface area contributed by atoms with E-state index in [4.69, 9.17) is 0 Å². The van der Waals surface area contributed by atoms with Gasteiger partial charge in [-0.1, -0.05) is 82.4 Å². The van der Waals surface area contributed by atoms with Gasteiger partial charge in [-0.15, -0.1) is 0 Å². The molecule has 0 N–H and O–H groups in total. The number of hydrogen-bond donors (Lipinski definition) is 0. The third kappa shape index (κ3) is 6.02. The smallest absolute Gasteiger partial charge is 0.190 e. The van der Waals surface area contributed by atoms with Crippen LogP contribution >= 0.6 is 0 Å². The average Bonchev–Trinajstić information content (AvgIpc) is 2.66. The number of fused-ring (bicyclic) bond motifs is 1. The number of rotatable bonds is 10. The van der Waals surface area contributed by atoms with Crippen LogP contribution in [0, 0.1) is 11.8 Å². The van der Waals surface area contributed by atoms with Crippen molar-refractivity contribution in [1.29, 1.82) is 0 Å². The van der Waals surface area contributed by atoms with Crippen LogP contribution in [0.2, 0.25) is 0 Å². The van der Waals surface area contributed by atoms with Crippen LogP contribution in [0.25, 0.3) is 0 Å². The van der Waals surface area contributed by atoms with Gasteiger partial charge in [0.2, 0.25) is 0 Å². The normalized spacial score (nSPS) is 16.0. The zero-order valence-corrected chi connectivity index (χ0v) is 18.3. The Morgan fingerprint density at radius 1 is 0.929 bits per heavy atom. The minimum absolute atomic E-state index is 0.00789. The van der Waals surface area contributed by atoms with Crippen molar-refractivity contribution in [3.63, 3.8) is 0 Å². The first-order chi connectivity index (χ1) is 13.3. The maximum absolute atomic E-state index is 12.8. The lowest BCUT2D eigenvalue weighted by atomic mass is 9.83. The van der Waals surface area contributed by atoms with Gasteiger partial charge >= 0.3 is 0 Å². The molecule has 0 saturated carbocycles. The summed E-state index contributed by atoms with van der Waals surface area (Å²) in [6.07, 6.45) is 10.2. The predicted octanol–water partition coefficient (Wildman–Crippen LogP) is 7.35. The lowest BCUT2D eigenvalue weighted by Crippen LogP contribution is -2.20. The van der Waals surface area contributed by atoms with Gasteiger partial charge in [-0.3, -0.25) is 9.59 Å². The standard InChI is InChI=1S/C26H36O2/c1-18(2)10-8-11-19(3)12-9-13-20(4)16-17-22-21(5)25(27)23-14-6-7-15-24(23)26(22)28/h6-7,14-16,18-19H,8-13,17H2,1-5H3/b20-16+. The van der Waals surface area contributed by atoms with E-state index in [-0.39, 0.29) is 11.6 Å². The van der Waals surface area contributed by atoms with Gasteiger partial charge in [-0.25, -0.2) is 0 Å². The van der Waals surface area contributed by atoms with E-state index in [1.807, 2.05) is 12.1 Å². The molecule has 1 aliphatic rings. The first-order valence-electron chi connectivity index (χ1n) is 10.8. The van der Waals surface area contributed by atoms with Crippen LogP contribution in [0.4, 0.5) is 0 Å². The minimum atomic E-state index is -0.00789. The molecule has 0 aliphatic heterocycles. The van der Waals surface area contributed by atoms with Crippen molar-refractivity contribution in [2.24, 2.45) is 11.8 Å². The van der Waals surface area contributed by atoms with Gasteiger partial charge in [0, 0.05) is 22.3 Å². The highest BCUT2D eigenvalue weighted by Crippen LogP contribution is 2.28. The third-order valence-corrected chi connectivity index (χ3v) is 5.88. The van der Waals surface area contributed by atoms with E-state index < -0.39 is 0 Å². The molecule has 2 heteroatoms. The van der Waals surface area contributed by atoms with Gasteiger partial charge in [-0.2, -0.15) is 0 Å². The highest BCUT2D eigenvalue weighted by molar-refractivity contribution is 6.26. The molecule has 0 aromatic heterocycles. The number of hydrogen-bond acceptors (Lipinski definition) is 2. The molecule has 1 atom stereocenters. The van der Waals surface area contributed by atoms with Gasteiger partial charge in [0.1, 0.15) is 0 Å². The number of ketones is 2. The van der Waals surface area contributed by atoms with Crippen molar-refractivity contribution in [3.8, 4) is 0 Å². The quantitative estimate of drug-likeness (QED) is 0.398. The zero-order chi connectivity index (χ0) is 20.7. The fraction of sp³-hybridized carbons (Fsp3) is 0.538. The van der Waals surface area contributed by atoms with Crippen LogP contribution in [0.3, 0.4) is 0 Å². The molecule has 0 fully saturated rings. The summed E-state index contributed by atoms with van der Waals surface area (Å²) in [5, 5.41) is 0. The van der Waals surface area contributed by atoms with E-state index in [0.717, 1.165) is 18.3 Å². The van der Waals surface area contributed by atoms with E-state index >= 15 is 0 Å². The van der Waals surface area contributed by atoms with E-state index in [2.05, 4.69) is 33.8 Å². The zero-order valence-electron chi connectivity index (χ0n) is 18.3. The number of allylic oxidation sites excluding steroid dienone is 4. The topological polar surface area (TPSA) is 34.1 Å². The molecule has 0 amide bonds. The second-order valence-electron chi connectivity index (χ2n) is 8.88. The van der Waals surface area contributed by atoms with Crippen molar-refractivity contribution >= 4 is 11.6 Å². The number of carbonyl (C=O) groups excluding carboxylic acids is 2. The second-order valence-corrected chi connectivity index (χ2v) is 8.88. The molecular formula is C26H36O2. The van der Waals surface area contributed by atoms with Crippen molar-refractivity contribution in [3.05, 3.63) is 58.2 Å². The van der Waals surface area contributed by atoms with Crippen molar-refractivity contribution < 1.29 is 9.59 Å². The molecule has 152 valence electrons. The van der Waals surface area contributed by atoms with Crippen molar-refractivity contribution in [2.45, 2.75) is 79.6 Å². The number of carbonyl (C=O) groups is 2. The van der Waals surface area contributed by atoms with Gasteiger partial charge in [0.05, 0.1) is 0 Å². The number of Topliss-reactive ketones (excluding diaryl/α,β-unsaturated/α-hetero) is 2. The first kappa shape index (κ1) is 22.3. The lowest BCUT2D eigenvalue weighted by Gasteiger charge is -2.18. The highest BCUT2D eigenvalue weighted by atomic mass is 16.1. The summed E-state index contributed by atoms with van der Waals surface area (Å²) in [5.74, 6) is 1.59. The fourth-order valence-electron chi connectivity index (χ4n) is 3.92.